The minimum Gasteiger partial charge on any atom is -0.481 e. The fourth-order valence-corrected chi connectivity index (χ4v) is 1.76. The van der Waals surface area contributed by atoms with Crippen molar-refractivity contribution in [2.75, 3.05) is 36.6 Å². The fraction of sp³-hybridized carbons (Fsp3) is 0.500. The molecule has 0 amide bonds. The van der Waals surface area contributed by atoms with Crippen LogP contribution in [0, 0.1) is 0 Å². The molecule has 0 aromatic carbocycles. The Morgan fingerprint density at radius 1 is 1.45 bits per heavy atom. The largest absolute Gasteiger partial charge is 0.481 e. The Morgan fingerprint density at radius 3 is 2.80 bits per heavy atom. The molecule has 1 aliphatic rings. The van der Waals surface area contributed by atoms with Crippen LogP contribution in [-0.4, -0.2) is 53.3 Å². The van der Waals surface area contributed by atoms with Crippen molar-refractivity contribution in [3.8, 4) is 0 Å². The number of hydrazone groups is 1. The molecule has 2 N–H and O–H groups in total. The number of nitrogens with zero attached hydrogens (tertiary/aromatic N) is 4. The van der Waals surface area contributed by atoms with Gasteiger partial charge in [0.15, 0.2) is 11.6 Å². The molecule has 8 nitrogen and oxygen atoms in total. The molecule has 0 unspecified atom stereocenters. The Hall–Kier alpha value is -2.22. The van der Waals surface area contributed by atoms with Gasteiger partial charge in [-0.3, -0.25) is 10.2 Å². The molecular formula is C12H17N5O3. The van der Waals surface area contributed by atoms with Gasteiger partial charge in [0.2, 0.25) is 0 Å². The van der Waals surface area contributed by atoms with Crippen LogP contribution >= 0.6 is 0 Å². The SMILES string of the molecule is CC(CC(=O)O)=NNc1ccc(N2CCOCC2)nn1. The predicted molar refractivity (Wildman–Crippen MR) is 74.0 cm³/mol. The zero-order valence-electron chi connectivity index (χ0n) is 11.2. The van der Waals surface area contributed by atoms with E-state index in [2.05, 4.69) is 25.6 Å². The lowest BCUT2D eigenvalue weighted by Gasteiger charge is -2.27. The summed E-state index contributed by atoms with van der Waals surface area (Å²) in [5, 5.41) is 20.7. The molecule has 0 aliphatic carbocycles. The molecule has 2 heterocycles. The first-order valence-electron chi connectivity index (χ1n) is 6.32. The standard InChI is InChI=1S/C12H17N5O3/c1-9(8-12(18)19)13-14-10-2-3-11(16-15-10)17-4-6-20-7-5-17/h2-3H,4-8H2,1H3,(H,14,15)(H,18,19). The number of morpholine rings is 1. The molecule has 0 atom stereocenters. The molecule has 0 bridgehead atoms. The van der Waals surface area contributed by atoms with Gasteiger partial charge in [-0.2, -0.15) is 5.10 Å². The Balaban J connectivity index is 1.92. The van der Waals surface area contributed by atoms with Gasteiger partial charge in [-0.25, -0.2) is 0 Å². The average Bonchev–Trinajstić information content (AvgIpc) is 2.46. The number of ether oxygens (including phenoxy) is 1. The first-order valence-corrected chi connectivity index (χ1v) is 6.32. The average molecular weight is 279 g/mol. The summed E-state index contributed by atoms with van der Waals surface area (Å²) in [6.07, 6.45) is -0.105. The molecule has 1 saturated heterocycles. The molecule has 1 aromatic rings. The van der Waals surface area contributed by atoms with E-state index in [1.165, 1.54) is 0 Å². The molecule has 8 heteroatoms. The van der Waals surface area contributed by atoms with Gasteiger partial charge in [-0.05, 0) is 19.1 Å². The van der Waals surface area contributed by atoms with Crippen LogP contribution in [0.3, 0.4) is 0 Å². The van der Waals surface area contributed by atoms with Crippen LogP contribution in [0.25, 0.3) is 0 Å². The van der Waals surface area contributed by atoms with Crippen molar-refractivity contribution in [1.82, 2.24) is 10.2 Å². The van der Waals surface area contributed by atoms with Gasteiger partial charge in [0, 0.05) is 18.8 Å². The summed E-state index contributed by atoms with van der Waals surface area (Å²) in [5.41, 5.74) is 3.16. The number of hydrogen-bond donors (Lipinski definition) is 2. The number of hydrogen-bond acceptors (Lipinski definition) is 7. The first-order chi connectivity index (χ1) is 9.65. The predicted octanol–water partition coefficient (Wildman–Crippen LogP) is 0.576. The highest BCUT2D eigenvalue weighted by atomic mass is 16.5. The third-order valence-electron chi connectivity index (χ3n) is 2.75. The monoisotopic (exact) mass is 279 g/mol. The summed E-state index contributed by atoms with van der Waals surface area (Å²) in [6, 6.07) is 3.61. The summed E-state index contributed by atoms with van der Waals surface area (Å²) in [4.78, 5) is 12.6. The van der Waals surface area contributed by atoms with Crippen LogP contribution in [0.4, 0.5) is 11.6 Å². The zero-order valence-corrected chi connectivity index (χ0v) is 11.2. The first kappa shape index (κ1) is 14.2. The molecule has 1 fully saturated rings. The van der Waals surface area contributed by atoms with Crippen molar-refractivity contribution in [2.45, 2.75) is 13.3 Å². The maximum atomic E-state index is 10.5. The molecule has 0 radical (unpaired) electrons. The Morgan fingerprint density at radius 2 is 2.20 bits per heavy atom. The van der Waals surface area contributed by atoms with Crippen molar-refractivity contribution in [3.63, 3.8) is 0 Å². The Bertz CT molecular complexity index is 482. The Kier molecular flexibility index (Phi) is 4.83. The second-order valence-electron chi connectivity index (χ2n) is 4.41. The van der Waals surface area contributed by atoms with E-state index < -0.39 is 5.97 Å². The number of aliphatic carboxylic acids is 1. The number of carboxylic acids is 1. The topological polar surface area (TPSA) is 99.9 Å². The fourth-order valence-electron chi connectivity index (χ4n) is 1.76. The highest BCUT2D eigenvalue weighted by molar-refractivity contribution is 5.97. The quantitative estimate of drug-likeness (QED) is 0.600. The molecule has 0 saturated carbocycles. The van der Waals surface area contributed by atoms with E-state index in [1.807, 2.05) is 6.07 Å². The van der Waals surface area contributed by atoms with E-state index >= 15 is 0 Å². The van der Waals surface area contributed by atoms with Crippen molar-refractivity contribution in [2.24, 2.45) is 5.10 Å². The van der Waals surface area contributed by atoms with Crippen LogP contribution in [0.2, 0.25) is 0 Å². The van der Waals surface area contributed by atoms with Gasteiger partial charge in [0.1, 0.15) is 0 Å². The van der Waals surface area contributed by atoms with Crippen molar-refractivity contribution in [1.29, 1.82) is 0 Å². The molecule has 1 aliphatic heterocycles. The molecule has 20 heavy (non-hydrogen) atoms. The minimum atomic E-state index is -0.915. The van der Waals surface area contributed by atoms with E-state index in [-0.39, 0.29) is 6.42 Å². The van der Waals surface area contributed by atoms with Gasteiger partial charge in [-0.1, -0.05) is 0 Å². The zero-order chi connectivity index (χ0) is 14.4. The van der Waals surface area contributed by atoms with Crippen LogP contribution in [0.5, 0.6) is 0 Å². The van der Waals surface area contributed by atoms with Gasteiger partial charge in [-0.15, -0.1) is 10.2 Å². The lowest BCUT2D eigenvalue weighted by Crippen LogP contribution is -2.36. The second-order valence-corrected chi connectivity index (χ2v) is 4.41. The normalized spacial score (nSPS) is 16.1. The van der Waals surface area contributed by atoms with Gasteiger partial charge < -0.3 is 14.7 Å². The maximum Gasteiger partial charge on any atom is 0.309 e. The van der Waals surface area contributed by atoms with E-state index in [0.29, 0.717) is 24.7 Å². The number of rotatable bonds is 5. The highest BCUT2D eigenvalue weighted by Gasteiger charge is 2.12. The second kappa shape index (κ2) is 6.80. The lowest BCUT2D eigenvalue weighted by molar-refractivity contribution is -0.135. The Labute approximate surface area is 116 Å². The molecule has 108 valence electrons. The molecular weight excluding hydrogens is 262 g/mol. The lowest BCUT2D eigenvalue weighted by atomic mass is 10.3. The van der Waals surface area contributed by atoms with Crippen molar-refractivity contribution in [3.05, 3.63) is 12.1 Å². The van der Waals surface area contributed by atoms with Crippen LogP contribution in [0.1, 0.15) is 13.3 Å². The van der Waals surface area contributed by atoms with E-state index in [0.717, 1.165) is 18.9 Å². The third-order valence-corrected chi connectivity index (χ3v) is 2.75. The van der Waals surface area contributed by atoms with E-state index in [1.54, 1.807) is 13.0 Å². The maximum absolute atomic E-state index is 10.5. The number of carboxylic acid groups (broad SMARTS) is 1. The molecule has 2 rings (SSSR count). The third kappa shape index (κ3) is 4.16. The van der Waals surface area contributed by atoms with Gasteiger partial charge in [0.25, 0.3) is 0 Å². The minimum absolute atomic E-state index is 0.105. The summed E-state index contributed by atoms with van der Waals surface area (Å²) >= 11 is 0. The number of anilines is 2. The summed E-state index contributed by atoms with van der Waals surface area (Å²) in [7, 11) is 0. The number of carbonyl (C=O) groups is 1. The molecule has 1 aromatic heterocycles. The summed E-state index contributed by atoms with van der Waals surface area (Å²) in [6.45, 7) is 4.63. The number of nitrogens with one attached hydrogen (secondary N) is 1. The number of aromatic nitrogens is 2. The smallest absolute Gasteiger partial charge is 0.309 e. The highest BCUT2D eigenvalue weighted by Crippen LogP contribution is 2.13. The molecule has 0 spiro atoms. The van der Waals surface area contributed by atoms with Crippen LogP contribution in [-0.2, 0) is 9.53 Å². The van der Waals surface area contributed by atoms with Crippen molar-refractivity contribution >= 4 is 23.3 Å². The van der Waals surface area contributed by atoms with Crippen LogP contribution in [0.15, 0.2) is 17.2 Å². The van der Waals surface area contributed by atoms with Gasteiger partial charge >= 0.3 is 5.97 Å². The van der Waals surface area contributed by atoms with Crippen LogP contribution < -0.4 is 10.3 Å². The van der Waals surface area contributed by atoms with E-state index in [4.69, 9.17) is 9.84 Å². The summed E-state index contributed by atoms with van der Waals surface area (Å²) < 4.78 is 5.27. The van der Waals surface area contributed by atoms with Gasteiger partial charge in [0.05, 0.1) is 19.6 Å². The summed E-state index contributed by atoms with van der Waals surface area (Å²) in [5.74, 6) is 0.360. The van der Waals surface area contributed by atoms with E-state index in [9.17, 15) is 4.79 Å². The van der Waals surface area contributed by atoms with Crippen molar-refractivity contribution < 1.29 is 14.6 Å².